The van der Waals surface area contributed by atoms with E-state index in [1.807, 2.05) is 24.3 Å². The van der Waals surface area contributed by atoms with Gasteiger partial charge in [-0.1, -0.05) is 52.3 Å². The quantitative estimate of drug-likeness (QED) is 0.718. The predicted octanol–water partition coefficient (Wildman–Crippen LogP) is 4.75. The summed E-state index contributed by atoms with van der Waals surface area (Å²) >= 11 is 3.38. The van der Waals surface area contributed by atoms with Gasteiger partial charge in [0.25, 0.3) is 0 Å². The molecular formula is C16H17BrFN. The molecule has 0 aliphatic carbocycles. The maximum atomic E-state index is 13.8. The van der Waals surface area contributed by atoms with Gasteiger partial charge in [-0.15, -0.1) is 0 Å². The molecule has 19 heavy (non-hydrogen) atoms. The lowest BCUT2D eigenvalue weighted by Gasteiger charge is -2.25. The largest absolute Gasteiger partial charge is 0.367 e. The van der Waals surface area contributed by atoms with E-state index >= 15 is 0 Å². The van der Waals surface area contributed by atoms with Crippen LogP contribution in [-0.4, -0.2) is 6.54 Å². The molecule has 0 unspecified atom stereocenters. The first kappa shape index (κ1) is 14.1. The Morgan fingerprint density at radius 1 is 1.05 bits per heavy atom. The van der Waals surface area contributed by atoms with Crippen LogP contribution in [0, 0.1) is 5.82 Å². The zero-order valence-corrected chi connectivity index (χ0v) is 12.5. The molecule has 2 rings (SSSR count). The van der Waals surface area contributed by atoms with E-state index in [-0.39, 0.29) is 5.82 Å². The summed E-state index contributed by atoms with van der Waals surface area (Å²) in [6.45, 7) is 3.73. The molecule has 0 aliphatic heterocycles. The summed E-state index contributed by atoms with van der Waals surface area (Å²) in [5.74, 6) is -0.152. The summed E-state index contributed by atoms with van der Waals surface area (Å²) in [6, 6.07) is 15.5. The normalized spacial score (nSPS) is 10.5. The van der Waals surface area contributed by atoms with Crippen LogP contribution in [0.5, 0.6) is 0 Å². The first-order chi connectivity index (χ1) is 9.26. The van der Waals surface area contributed by atoms with Crippen LogP contribution in [0.4, 0.5) is 10.1 Å². The van der Waals surface area contributed by atoms with Crippen LogP contribution in [0.15, 0.2) is 48.5 Å². The fraction of sp³-hybridized carbons (Fsp3) is 0.250. The monoisotopic (exact) mass is 321 g/mol. The van der Waals surface area contributed by atoms with Gasteiger partial charge >= 0.3 is 0 Å². The van der Waals surface area contributed by atoms with Crippen molar-refractivity contribution in [2.45, 2.75) is 18.8 Å². The predicted molar refractivity (Wildman–Crippen MR) is 82.2 cm³/mol. The van der Waals surface area contributed by atoms with Gasteiger partial charge in [0, 0.05) is 29.7 Å². The minimum atomic E-state index is -0.152. The van der Waals surface area contributed by atoms with Crippen molar-refractivity contribution >= 4 is 21.6 Å². The fourth-order valence-electron chi connectivity index (χ4n) is 2.15. The van der Waals surface area contributed by atoms with Gasteiger partial charge in [-0.05, 0) is 24.6 Å². The summed E-state index contributed by atoms with van der Waals surface area (Å²) in [4.78, 5) is 2.19. The van der Waals surface area contributed by atoms with E-state index in [1.165, 1.54) is 11.6 Å². The number of benzene rings is 2. The average Bonchev–Trinajstić information content (AvgIpc) is 2.45. The topological polar surface area (TPSA) is 3.24 Å². The van der Waals surface area contributed by atoms with Gasteiger partial charge in [0.2, 0.25) is 0 Å². The molecule has 0 spiro atoms. The summed E-state index contributed by atoms with van der Waals surface area (Å²) in [5.41, 5.74) is 2.91. The van der Waals surface area contributed by atoms with Crippen LogP contribution in [0.25, 0.3) is 0 Å². The van der Waals surface area contributed by atoms with Crippen LogP contribution < -0.4 is 4.90 Å². The molecule has 0 atom stereocenters. The summed E-state index contributed by atoms with van der Waals surface area (Å²) < 4.78 is 13.8. The van der Waals surface area contributed by atoms with E-state index in [1.54, 1.807) is 6.07 Å². The van der Waals surface area contributed by atoms with Crippen LogP contribution in [0.3, 0.4) is 0 Å². The number of anilines is 1. The highest BCUT2D eigenvalue weighted by Crippen LogP contribution is 2.26. The van der Waals surface area contributed by atoms with Gasteiger partial charge in [0.05, 0.1) is 0 Å². The third-order valence-electron chi connectivity index (χ3n) is 3.17. The summed E-state index contributed by atoms with van der Waals surface area (Å²) in [5, 5.41) is 0.528. The van der Waals surface area contributed by atoms with Crippen molar-refractivity contribution in [2.75, 3.05) is 11.4 Å². The Bertz CT molecular complexity index is 528. The van der Waals surface area contributed by atoms with Crippen molar-refractivity contribution in [2.24, 2.45) is 0 Å². The zero-order chi connectivity index (χ0) is 13.7. The lowest BCUT2D eigenvalue weighted by atomic mass is 10.1. The van der Waals surface area contributed by atoms with Crippen LogP contribution in [0.1, 0.15) is 18.1 Å². The minimum Gasteiger partial charge on any atom is -0.367 e. The highest BCUT2D eigenvalue weighted by atomic mass is 79.9. The fourth-order valence-corrected chi connectivity index (χ4v) is 2.70. The summed E-state index contributed by atoms with van der Waals surface area (Å²) in [6.07, 6.45) is 0. The molecule has 0 bridgehead atoms. The number of halogens is 2. The lowest BCUT2D eigenvalue weighted by molar-refractivity contribution is 0.616. The minimum absolute atomic E-state index is 0.152. The van der Waals surface area contributed by atoms with Gasteiger partial charge in [0.15, 0.2) is 0 Å². The highest BCUT2D eigenvalue weighted by Gasteiger charge is 2.13. The maximum absolute atomic E-state index is 13.8. The third-order valence-corrected chi connectivity index (χ3v) is 3.73. The molecule has 0 aliphatic rings. The van der Waals surface area contributed by atoms with E-state index in [4.69, 9.17) is 0 Å². The van der Waals surface area contributed by atoms with Crippen molar-refractivity contribution in [1.82, 2.24) is 0 Å². The average molecular weight is 322 g/mol. The van der Waals surface area contributed by atoms with E-state index in [0.717, 1.165) is 24.3 Å². The molecule has 0 fully saturated rings. The Morgan fingerprint density at radius 3 is 2.42 bits per heavy atom. The number of rotatable bonds is 5. The van der Waals surface area contributed by atoms with Crippen molar-refractivity contribution in [3.05, 3.63) is 65.5 Å². The molecule has 2 aromatic rings. The SMILES string of the molecule is CCN(Cc1ccccc1)c1cccc(F)c1CBr. The molecule has 1 nitrogen and oxygen atoms in total. The number of hydrogen-bond acceptors (Lipinski definition) is 1. The number of hydrogen-bond donors (Lipinski definition) is 0. The molecular weight excluding hydrogens is 305 g/mol. The Balaban J connectivity index is 2.30. The molecule has 0 amide bonds. The molecule has 0 saturated heterocycles. The third kappa shape index (κ3) is 3.35. The van der Waals surface area contributed by atoms with E-state index in [0.29, 0.717) is 5.33 Å². The molecule has 3 heteroatoms. The molecule has 0 N–H and O–H groups in total. The molecule has 0 radical (unpaired) electrons. The molecule has 2 aromatic carbocycles. The second-order valence-corrected chi connectivity index (χ2v) is 4.93. The van der Waals surface area contributed by atoms with E-state index in [2.05, 4.69) is 39.9 Å². The van der Waals surface area contributed by atoms with Gasteiger partial charge in [0.1, 0.15) is 5.82 Å². The van der Waals surface area contributed by atoms with Crippen molar-refractivity contribution in [3.8, 4) is 0 Å². The van der Waals surface area contributed by atoms with Crippen molar-refractivity contribution in [3.63, 3.8) is 0 Å². The van der Waals surface area contributed by atoms with Gasteiger partial charge in [-0.25, -0.2) is 4.39 Å². The number of nitrogens with zero attached hydrogens (tertiary/aromatic N) is 1. The smallest absolute Gasteiger partial charge is 0.129 e. The van der Waals surface area contributed by atoms with E-state index in [9.17, 15) is 4.39 Å². The van der Waals surface area contributed by atoms with Crippen LogP contribution in [0.2, 0.25) is 0 Å². The standard InChI is InChI=1S/C16H17BrFN/c1-2-19(12-13-7-4-3-5-8-13)16-10-6-9-15(18)14(16)11-17/h3-10H,2,11-12H2,1H3. The Hall–Kier alpha value is -1.35. The van der Waals surface area contributed by atoms with E-state index < -0.39 is 0 Å². The molecule has 100 valence electrons. The summed E-state index contributed by atoms with van der Waals surface area (Å²) in [7, 11) is 0. The second kappa shape index (κ2) is 6.71. The Kier molecular flexibility index (Phi) is 4.97. The first-order valence-corrected chi connectivity index (χ1v) is 7.50. The van der Waals surface area contributed by atoms with Crippen LogP contribution >= 0.6 is 15.9 Å². The molecule has 0 aromatic heterocycles. The van der Waals surface area contributed by atoms with Crippen molar-refractivity contribution in [1.29, 1.82) is 0 Å². The van der Waals surface area contributed by atoms with Gasteiger partial charge in [-0.3, -0.25) is 0 Å². The van der Waals surface area contributed by atoms with Gasteiger partial charge < -0.3 is 4.90 Å². The van der Waals surface area contributed by atoms with Crippen molar-refractivity contribution < 1.29 is 4.39 Å². The number of alkyl halides is 1. The maximum Gasteiger partial charge on any atom is 0.129 e. The molecule has 0 heterocycles. The molecule has 0 saturated carbocycles. The second-order valence-electron chi connectivity index (χ2n) is 4.37. The van der Waals surface area contributed by atoms with Crippen LogP contribution in [-0.2, 0) is 11.9 Å². The highest BCUT2D eigenvalue weighted by molar-refractivity contribution is 9.08. The van der Waals surface area contributed by atoms with Gasteiger partial charge in [-0.2, -0.15) is 0 Å². The zero-order valence-electron chi connectivity index (χ0n) is 10.9. The Morgan fingerprint density at radius 2 is 1.79 bits per heavy atom. The first-order valence-electron chi connectivity index (χ1n) is 6.38. The Labute approximate surface area is 122 Å². The lowest BCUT2D eigenvalue weighted by Crippen LogP contribution is -2.23.